The molecule has 0 radical (unpaired) electrons. The van der Waals surface area contributed by atoms with E-state index in [0.717, 1.165) is 0 Å². The largest absolute Gasteiger partial charge is 0.462 e. The highest BCUT2D eigenvalue weighted by Gasteiger charge is 2.46. The fourth-order valence-corrected chi connectivity index (χ4v) is 1.32. The third-order valence-corrected chi connectivity index (χ3v) is 2.92. The third-order valence-electron chi connectivity index (χ3n) is 2.18. The fraction of sp³-hybridized carbons (Fsp3) is 0.600. The van der Waals surface area contributed by atoms with Crippen LogP contribution < -0.4 is 0 Å². The molecule has 1 heterocycles. The van der Waals surface area contributed by atoms with Crippen molar-refractivity contribution in [2.75, 3.05) is 6.61 Å². The first kappa shape index (κ1) is 12.2. The quantitative estimate of drug-likeness (QED) is 0.445. The molecule has 1 aliphatic rings. The Kier molecular flexibility index (Phi) is 3.54. The molecule has 15 heavy (non-hydrogen) atoms. The maximum atomic E-state index is 11.4. The highest BCUT2D eigenvalue weighted by molar-refractivity contribution is 9.10. The lowest BCUT2D eigenvalue weighted by Gasteiger charge is -2.22. The van der Waals surface area contributed by atoms with Crippen LogP contribution in [0, 0.1) is 5.41 Å². The Hall–Kier alpha value is -0.840. The van der Waals surface area contributed by atoms with E-state index in [1.807, 2.05) is 13.8 Å². The zero-order chi connectivity index (χ0) is 11.6. The molecule has 5 heteroatoms. The average Bonchev–Trinajstić information content (AvgIpc) is 2.43. The minimum Gasteiger partial charge on any atom is -0.462 e. The van der Waals surface area contributed by atoms with Gasteiger partial charge in [-0.15, -0.1) is 6.58 Å². The minimum atomic E-state index is -0.829. The van der Waals surface area contributed by atoms with Gasteiger partial charge in [0.2, 0.25) is 6.10 Å². The Labute approximate surface area is 96.7 Å². The average molecular weight is 277 g/mol. The summed E-state index contributed by atoms with van der Waals surface area (Å²) < 4.78 is 9.90. The van der Waals surface area contributed by atoms with Gasteiger partial charge in [0, 0.05) is 5.41 Å². The van der Waals surface area contributed by atoms with Crippen molar-refractivity contribution in [3.63, 3.8) is 0 Å². The van der Waals surface area contributed by atoms with Gasteiger partial charge < -0.3 is 9.47 Å². The lowest BCUT2D eigenvalue weighted by atomic mass is 9.90. The zero-order valence-corrected chi connectivity index (χ0v) is 10.2. The van der Waals surface area contributed by atoms with Crippen LogP contribution in [0.5, 0.6) is 0 Å². The molecule has 1 saturated heterocycles. The van der Waals surface area contributed by atoms with Gasteiger partial charge in [0.15, 0.2) is 0 Å². The number of hydrogen-bond acceptors (Lipinski definition) is 4. The first-order valence-corrected chi connectivity index (χ1v) is 5.44. The maximum absolute atomic E-state index is 11.4. The van der Waals surface area contributed by atoms with Gasteiger partial charge in [-0.25, -0.2) is 4.79 Å². The SMILES string of the molecule is C=CC(Br)C(=O)O[C@H]1C(=O)OCC1(C)C. The second kappa shape index (κ2) is 4.35. The van der Waals surface area contributed by atoms with Gasteiger partial charge in [-0.3, -0.25) is 4.79 Å². The van der Waals surface area contributed by atoms with E-state index < -0.39 is 28.3 Å². The number of hydrogen-bond donors (Lipinski definition) is 0. The highest BCUT2D eigenvalue weighted by atomic mass is 79.9. The molecule has 0 aromatic carbocycles. The summed E-state index contributed by atoms with van der Waals surface area (Å²) in [5.41, 5.74) is -0.472. The Morgan fingerprint density at radius 2 is 2.40 bits per heavy atom. The number of esters is 2. The standard InChI is InChI=1S/C10H13BrO4/c1-4-6(11)8(12)15-7-9(13)14-5-10(7,2)3/h4,6-7H,1,5H2,2-3H3/t6?,7-/m0/s1. The molecule has 4 nitrogen and oxygen atoms in total. The van der Waals surface area contributed by atoms with E-state index in [-0.39, 0.29) is 6.61 Å². The van der Waals surface area contributed by atoms with E-state index in [4.69, 9.17) is 9.47 Å². The summed E-state index contributed by atoms with van der Waals surface area (Å²) in [6.45, 7) is 7.34. The van der Waals surface area contributed by atoms with E-state index in [1.54, 1.807) is 0 Å². The lowest BCUT2D eigenvalue weighted by Crippen LogP contribution is -2.36. The van der Waals surface area contributed by atoms with Crippen molar-refractivity contribution in [1.82, 2.24) is 0 Å². The molecule has 0 N–H and O–H groups in total. The lowest BCUT2D eigenvalue weighted by molar-refractivity contribution is -0.161. The molecule has 0 spiro atoms. The summed E-state index contributed by atoms with van der Waals surface area (Å²) in [7, 11) is 0. The van der Waals surface area contributed by atoms with Crippen LogP contribution in [-0.2, 0) is 19.1 Å². The molecule has 0 saturated carbocycles. The molecule has 84 valence electrons. The van der Waals surface area contributed by atoms with Gasteiger partial charge in [-0.1, -0.05) is 35.9 Å². The number of halogens is 1. The van der Waals surface area contributed by atoms with Crippen molar-refractivity contribution < 1.29 is 19.1 Å². The molecule has 0 amide bonds. The number of cyclic esters (lactones) is 1. The van der Waals surface area contributed by atoms with E-state index in [1.165, 1.54) is 6.08 Å². The van der Waals surface area contributed by atoms with Crippen LogP contribution in [0.4, 0.5) is 0 Å². The predicted octanol–water partition coefficient (Wildman–Crippen LogP) is 1.43. The Bertz CT molecular complexity index is 298. The van der Waals surface area contributed by atoms with Crippen molar-refractivity contribution in [1.29, 1.82) is 0 Å². The normalized spacial score (nSPS) is 25.5. The Morgan fingerprint density at radius 1 is 1.80 bits per heavy atom. The molecule has 1 fully saturated rings. The fourth-order valence-electron chi connectivity index (χ4n) is 1.21. The van der Waals surface area contributed by atoms with Gasteiger partial charge >= 0.3 is 11.9 Å². The Morgan fingerprint density at radius 3 is 2.80 bits per heavy atom. The maximum Gasteiger partial charge on any atom is 0.348 e. The van der Waals surface area contributed by atoms with Crippen LogP contribution in [0.1, 0.15) is 13.8 Å². The molecular formula is C10H13BrO4. The molecule has 0 aromatic heterocycles. The first-order chi connectivity index (χ1) is 6.88. The van der Waals surface area contributed by atoms with E-state index >= 15 is 0 Å². The predicted molar refractivity (Wildman–Crippen MR) is 57.5 cm³/mol. The van der Waals surface area contributed by atoms with E-state index in [9.17, 15) is 9.59 Å². The van der Waals surface area contributed by atoms with Crippen molar-refractivity contribution in [3.8, 4) is 0 Å². The molecule has 0 aromatic rings. The van der Waals surface area contributed by atoms with Crippen LogP contribution in [0.25, 0.3) is 0 Å². The highest BCUT2D eigenvalue weighted by Crippen LogP contribution is 2.31. The summed E-state index contributed by atoms with van der Waals surface area (Å²) in [4.78, 5) is 22.1. The monoisotopic (exact) mass is 276 g/mol. The van der Waals surface area contributed by atoms with Gasteiger partial charge in [0.05, 0.1) is 0 Å². The van der Waals surface area contributed by atoms with Crippen LogP contribution in [-0.4, -0.2) is 29.5 Å². The molecule has 2 atom stereocenters. The summed E-state index contributed by atoms with van der Waals surface area (Å²) in [6, 6.07) is 0. The van der Waals surface area contributed by atoms with Crippen molar-refractivity contribution in [3.05, 3.63) is 12.7 Å². The van der Waals surface area contributed by atoms with Gasteiger partial charge in [-0.05, 0) is 0 Å². The topological polar surface area (TPSA) is 52.6 Å². The number of ether oxygens (including phenoxy) is 2. The zero-order valence-electron chi connectivity index (χ0n) is 8.66. The van der Waals surface area contributed by atoms with E-state index in [0.29, 0.717) is 0 Å². The van der Waals surface area contributed by atoms with Gasteiger partial charge in [0.1, 0.15) is 11.4 Å². The van der Waals surface area contributed by atoms with Gasteiger partial charge in [-0.2, -0.15) is 0 Å². The second-order valence-electron chi connectivity index (χ2n) is 4.05. The van der Waals surface area contributed by atoms with Crippen LogP contribution in [0.15, 0.2) is 12.7 Å². The van der Waals surface area contributed by atoms with E-state index in [2.05, 4.69) is 22.5 Å². The molecule has 1 unspecified atom stereocenters. The van der Waals surface area contributed by atoms with Crippen LogP contribution >= 0.6 is 15.9 Å². The first-order valence-electron chi connectivity index (χ1n) is 4.52. The number of alkyl halides is 1. The van der Waals surface area contributed by atoms with Crippen molar-refractivity contribution >= 4 is 27.9 Å². The summed E-state index contributed by atoms with van der Waals surface area (Å²) in [5.74, 6) is -1.01. The van der Waals surface area contributed by atoms with Crippen molar-refractivity contribution in [2.45, 2.75) is 24.8 Å². The molecule has 1 rings (SSSR count). The summed E-state index contributed by atoms with van der Waals surface area (Å²) in [6.07, 6.45) is 0.570. The second-order valence-corrected chi connectivity index (χ2v) is 5.04. The Balaban J connectivity index is 2.68. The van der Waals surface area contributed by atoms with Gasteiger partial charge in [0.25, 0.3) is 0 Å². The minimum absolute atomic E-state index is 0.269. The van der Waals surface area contributed by atoms with Crippen LogP contribution in [0.2, 0.25) is 0 Å². The number of carbonyl (C=O) groups is 2. The third kappa shape index (κ3) is 2.59. The summed E-state index contributed by atoms with van der Waals surface area (Å²) in [5, 5.41) is 0. The molecule has 0 bridgehead atoms. The van der Waals surface area contributed by atoms with Crippen LogP contribution in [0.3, 0.4) is 0 Å². The smallest absolute Gasteiger partial charge is 0.348 e. The van der Waals surface area contributed by atoms with Crippen molar-refractivity contribution in [2.24, 2.45) is 5.41 Å². The molecule has 1 aliphatic heterocycles. The summed E-state index contributed by atoms with van der Waals surface area (Å²) >= 11 is 3.06. The number of carbonyl (C=O) groups excluding carboxylic acids is 2. The molecular weight excluding hydrogens is 264 g/mol. The number of rotatable bonds is 3. The molecule has 0 aliphatic carbocycles.